The number of rotatable bonds is 4. The van der Waals surface area contributed by atoms with Gasteiger partial charge < -0.3 is 4.98 Å². The number of nitrogens with zero attached hydrogens (tertiary/aromatic N) is 2. The van der Waals surface area contributed by atoms with E-state index >= 15 is 0 Å². The quantitative estimate of drug-likeness (QED) is 0.651. The predicted molar refractivity (Wildman–Crippen MR) is 97.3 cm³/mol. The van der Waals surface area contributed by atoms with E-state index in [1.165, 1.54) is 0 Å². The highest BCUT2D eigenvalue weighted by Crippen LogP contribution is 2.24. The van der Waals surface area contributed by atoms with Crippen LogP contribution in [0.15, 0.2) is 67.4 Å². The third kappa shape index (κ3) is 3.25. The monoisotopic (exact) mass is 321 g/mol. The fraction of sp³-hybridized carbons (Fsp3) is 0.0526. The van der Waals surface area contributed by atoms with Gasteiger partial charge in [-0.1, -0.05) is 54.6 Å². The lowest BCUT2D eigenvalue weighted by Gasteiger charge is -2.00. The molecule has 0 radical (unpaired) electrons. The predicted octanol–water partition coefficient (Wildman–Crippen LogP) is 5.42. The van der Waals surface area contributed by atoms with Crippen LogP contribution in [0.1, 0.15) is 12.5 Å². The first kappa shape index (κ1) is 15.3. The molecule has 114 valence electrons. The lowest BCUT2D eigenvalue weighted by atomic mass is 10.1. The van der Waals surface area contributed by atoms with Crippen molar-refractivity contribution in [3.8, 4) is 11.4 Å². The number of nitrogens with one attached hydrogen (secondary N) is 1. The zero-order valence-electron chi connectivity index (χ0n) is 12.8. The molecule has 2 aromatic heterocycles. The molecule has 0 saturated heterocycles. The highest BCUT2D eigenvalue weighted by molar-refractivity contribution is 6.30. The van der Waals surface area contributed by atoms with Gasteiger partial charge in [-0.15, -0.1) is 0 Å². The summed E-state index contributed by atoms with van der Waals surface area (Å²) in [4.78, 5) is 12.3. The van der Waals surface area contributed by atoms with Crippen LogP contribution < -0.4 is 0 Å². The molecule has 1 aromatic carbocycles. The number of hydrogen-bond donors (Lipinski definition) is 1. The molecule has 1 N–H and O–H groups in total. The Bertz CT molecular complexity index is 919. The van der Waals surface area contributed by atoms with Crippen LogP contribution in [0.3, 0.4) is 0 Å². The number of pyridine rings is 1. The Morgan fingerprint density at radius 1 is 1.30 bits per heavy atom. The lowest BCUT2D eigenvalue weighted by molar-refractivity contribution is 1.30. The highest BCUT2D eigenvalue weighted by Gasteiger charge is 2.08. The summed E-state index contributed by atoms with van der Waals surface area (Å²) in [6.45, 7) is 5.74. The maximum atomic E-state index is 6.05. The van der Waals surface area contributed by atoms with Gasteiger partial charge in [0.25, 0.3) is 0 Å². The largest absolute Gasteiger partial charge is 0.337 e. The summed E-state index contributed by atoms with van der Waals surface area (Å²) < 4.78 is 0. The van der Waals surface area contributed by atoms with Gasteiger partial charge >= 0.3 is 0 Å². The van der Waals surface area contributed by atoms with Gasteiger partial charge in [-0.25, -0.2) is 9.97 Å². The van der Waals surface area contributed by atoms with E-state index in [-0.39, 0.29) is 0 Å². The minimum absolute atomic E-state index is 0.681. The van der Waals surface area contributed by atoms with E-state index in [0.717, 1.165) is 28.0 Å². The number of allylic oxidation sites excluding steroid dienone is 5. The number of benzene rings is 1. The summed E-state index contributed by atoms with van der Waals surface area (Å²) >= 11 is 6.05. The zero-order chi connectivity index (χ0) is 16.2. The van der Waals surface area contributed by atoms with Gasteiger partial charge in [0.1, 0.15) is 5.82 Å². The van der Waals surface area contributed by atoms with Crippen LogP contribution in [0.2, 0.25) is 5.02 Å². The number of aromatic nitrogens is 3. The Labute approximate surface area is 140 Å². The topological polar surface area (TPSA) is 41.6 Å². The van der Waals surface area contributed by atoms with Crippen LogP contribution >= 0.6 is 11.6 Å². The molecule has 2 heterocycles. The number of H-pyrrole nitrogens is 1. The number of aromatic amines is 1. The first-order valence-corrected chi connectivity index (χ1v) is 7.66. The minimum Gasteiger partial charge on any atom is -0.337 e. The van der Waals surface area contributed by atoms with Gasteiger partial charge in [-0.05, 0) is 30.7 Å². The normalized spacial score (nSPS) is 12.2. The van der Waals surface area contributed by atoms with Crippen molar-refractivity contribution in [1.29, 1.82) is 0 Å². The molecular weight excluding hydrogens is 306 g/mol. The Balaban J connectivity index is 2.07. The molecule has 0 bridgehead atoms. The summed E-state index contributed by atoms with van der Waals surface area (Å²) in [5, 5.41) is 0.681. The van der Waals surface area contributed by atoms with Crippen molar-refractivity contribution in [2.24, 2.45) is 0 Å². The van der Waals surface area contributed by atoms with Gasteiger partial charge in [0, 0.05) is 22.3 Å². The maximum absolute atomic E-state index is 6.05. The van der Waals surface area contributed by atoms with E-state index in [9.17, 15) is 0 Å². The van der Waals surface area contributed by atoms with Crippen LogP contribution in [0.25, 0.3) is 28.1 Å². The number of hydrogen-bond acceptors (Lipinski definition) is 2. The van der Waals surface area contributed by atoms with Crippen LogP contribution in [-0.4, -0.2) is 15.0 Å². The number of fused-ring (bicyclic) bond motifs is 1. The van der Waals surface area contributed by atoms with E-state index in [4.69, 9.17) is 11.6 Å². The van der Waals surface area contributed by atoms with E-state index in [2.05, 4.69) is 21.5 Å². The molecule has 0 spiro atoms. The Morgan fingerprint density at radius 3 is 2.91 bits per heavy atom. The average molecular weight is 322 g/mol. The fourth-order valence-corrected chi connectivity index (χ4v) is 2.58. The van der Waals surface area contributed by atoms with Gasteiger partial charge in [-0.3, -0.25) is 0 Å². The van der Waals surface area contributed by atoms with Crippen LogP contribution in [0, 0.1) is 0 Å². The molecule has 0 fully saturated rings. The van der Waals surface area contributed by atoms with Gasteiger partial charge in [-0.2, -0.15) is 0 Å². The maximum Gasteiger partial charge on any atom is 0.178 e. The first-order chi connectivity index (χ1) is 11.2. The van der Waals surface area contributed by atoms with Crippen LogP contribution in [0.5, 0.6) is 0 Å². The highest BCUT2D eigenvalue weighted by atomic mass is 35.5. The molecule has 3 rings (SSSR count). The van der Waals surface area contributed by atoms with Crippen LogP contribution in [-0.2, 0) is 0 Å². The van der Waals surface area contributed by atoms with E-state index < -0.39 is 0 Å². The second-order valence-electron chi connectivity index (χ2n) is 5.05. The van der Waals surface area contributed by atoms with Crippen molar-refractivity contribution in [3.63, 3.8) is 0 Å². The Kier molecular flexibility index (Phi) is 4.40. The molecule has 3 nitrogen and oxygen atoms in total. The van der Waals surface area contributed by atoms with Gasteiger partial charge in [0.15, 0.2) is 5.65 Å². The van der Waals surface area contributed by atoms with Crippen molar-refractivity contribution < 1.29 is 0 Å². The van der Waals surface area contributed by atoms with Crippen molar-refractivity contribution >= 4 is 28.3 Å². The third-order valence-corrected chi connectivity index (χ3v) is 3.65. The molecule has 0 unspecified atom stereocenters. The second-order valence-corrected chi connectivity index (χ2v) is 5.49. The Morgan fingerprint density at radius 2 is 2.17 bits per heavy atom. The standard InChI is InChI=1S/C19H16ClN3/c1-3-6-13(7-4-2)15-11-17-19(21-12-15)23-18(22-17)14-8-5-9-16(20)10-14/h3-12H,1H2,2H3,(H,21,22,23)/b7-4-,13-6+. The lowest BCUT2D eigenvalue weighted by Crippen LogP contribution is -1.84. The van der Waals surface area contributed by atoms with E-state index in [0.29, 0.717) is 10.7 Å². The molecule has 0 amide bonds. The molecule has 0 saturated carbocycles. The SMILES string of the molecule is C=C/C=C(\C=C/C)c1cnc2nc(-c3cccc(Cl)c3)[nH]c2c1. The smallest absolute Gasteiger partial charge is 0.178 e. The molecule has 0 atom stereocenters. The minimum atomic E-state index is 0.681. The summed E-state index contributed by atoms with van der Waals surface area (Å²) in [6.07, 6.45) is 9.56. The molecular formula is C19H16ClN3. The zero-order valence-corrected chi connectivity index (χ0v) is 13.5. The summed E-state index contributed by atoms with van der Waals surface area (Å²) in [5.41, 5.74) is 4.57. The second kappa shape index (κ2) is 6.63. The Hall–Kier alpha value is -2.65. The molecule has 23 heavy (non-hydrogen) atoms. The number of halogens is 1. The third-order valence-electron chi connectivity index (χ3n) is 3.41. The van der Waals surface area contributed by atoms with Crippen molar-refractivity contribution in [3.05, 3.63) is 78.0 Å². The van der Waals surface area contributed by atoms with Crippen molar-refractivity contribution in [2.75, 3.05) is 0 Å². The number of imidazole rings is 1. The van der Waals surface area contributed by atoms with Crippen LogP contribution in [0.4, 0.5) is 0 Å². The fourth-order valence-electron chi connectivity index (χ4n) is 2.38. The van der Waals surface area contributed by atoms with E-state index in [1.807, 2.05) is 61.7 Å². The van der Waals surface area contributed by atoms with Crippen molar-refractivity contribution in [2.45, 2.75) is 6.92 Å². The van der Waals surface area contributed by atoms with E-state index in [1.54, 1.807) is 6.08 Å². The molecule has 0 aliphatic heterocycles. The molecule has 3 aromatic rings. The summed E-state index contributed by atoms with van der Waals surface area (Å²) in [7, 11) is 0. The molecule has 0 aliphatic rings. The first-order valence-electron chi connectivity index (χ1n) is 7.29. The van der Waals surface area contributed by atoms with Gasteiger partial charge in [0.2, 0.25) is 0 Å². The van der Waals surface area contributed by atoms with Crippen molar-refractivity contribution in [1.82, 2.24) is 15.0 Å². The molecule has 4 heteroatoms. The summed E-state index contributed by atoms with van der Waals surface area (Å²) in [5.74, 6) is 0.757. The average Bonchev–Trinajstić information content (AvgIpc) is 2.98. The molecule has 0 aliphatic carbocycles. The van der Waals surface area contributed by atoms with Gasteiger partial charge in [0.05, 0.1) is 5.52 Å². The summed E-state index contributed by atoms with van der Waals surface area (Å²) in [6, 6.07) is 9.63.